The van der Waals surface area contributed by atoms with Crippen LogP contribution in [0.4, 0.5) is 0 Å². The van der Waals surface area contributed by atoms with E-state index in [2.05, 4.69) is 44.4 Å². The molecule has 0 saturated heterocycles. The van der Waals surface area contributed by atoms with Crippen molar-refractivity contribution in [2.24, 2.45) is 0 Å². The van der Waals surface area contributed by atoms with Crippen molar-refractivity contribution < 1.29 is 8.98 Å². The number of aromatic nitrogens is 3. The molecule has 0 fully saturated rings. The van der Waals surface area contributed by atoms with E-state index < -0.39 is 0 Å². The number of pyridine rings is 1. The lowest BCUT2D eigenvalue weighted by atomic mass is 10.1. The van der Waals surface area contributed by atoms with Crippen molar-refractivity contribution in [2.45, 2.75) is 6.54 Å². The Labute approximate surface area is 108 Å². The molecule has 4 heteroatoms. The van der Waals surface area contributed by atoms with Crippen molar-refractivity contribution in [3.05, 3.63) is 54.5 Å². The molecule has 0 amide bonds. The van der Waals surface area contributed by atoms with Crippen LogP contribution in [0.5, 0.6) is 0 Å². The highest BCUT2D eigenvalue weighted by atomic mass is 16.3. The fourth-order valence-corrected chi connectivity index (χ4v) is 2.99. The zero-order chi connectivity index (χ0) is 12.4. The maximum atomic E-state index is 5.87. The van der Waals surface area contributed by atoms with Gasteiger partial charge in [-0.2, -0.15) is 4.40 Å². The predicted molar refractivity (Wildman–Crippen MR) is 69.7 cm³/mol. The number of oxazole rings is 1. The molecule has 19 heavy (non-hydrogen) atoms. The lowest BCUT2D eigenvalue weighted by Gasteiger charge is -1.92. The van der Waals surface area contributed by atoms with Gasteiger partial charge in [0.05, 0.1) is 11.8 Å². The Morgan fingerprint density at radius 1 is 1.21 bits per heavy atom. The standard InChI is InChI=1S/C15H10N3O/c1-2-4-11-10(3-1)8-17-9-14-18(15(11)17)12-7-16-6-5-13(12)19-14/h1-7,9H,8H2/q+1. The molecule has 0 spiro atoms. The summed E-state index contributed by atoms with van der Waals surface area (Å²) in [5, 5.41) is 0. The number of imidazole rings is 1. The van der Waals surface area contributed by atoms with Crippen LogP contribution in [0.1, 0.15) is 5.56 Å². The number of rotatable bonds is 0. The zero-order valence-electron chi connectivity index (χ0n) is 10.1. The molecule has 0 N–H and O–H groups in total. The molecule has 4 aromatic rings. The second kappa shape index (κ2) is 3.03. The van der Waals surface area contributed by atoms with E-state index in [0.717, 1.165) is 23.4 Å². The van der Waals surface area contributed by atoms with Gasteiger partial charge in [0, 0.05) is 17.8 Å². The van der Waals surface area contributed by atoms with E-state index in [9.17, 15) is 0 Å². The summed E-state index contributed by atoms with van der Waals surface area (Å²) in [5.74, 6) is 1.18. The molecule has 5 rings (SSSR count). The van der Waals surface area contributed by atoms with Gasteiger partial charge in [-0.05, 0) is 6.07 Å². The van der Waals surface area contributed by atoms with E-state index in [4.69, 9.17) is 4.42 Å². The van der Waals surface area contributed by atoms with Gasteiger partial charge in [0.1, 0.15) is 6.54 Å². The Bertz CT molecular complexity index is 949. The van der Waals surface area contributed by atoms with Gasteiger partial charge < -0.3 is 4.42 Å². The molecule has 0 aliphatic carbocycles. The molecule has 0 unspecified atom stereocenters. The third-order valence-electron chi connectivity index (χ3n) is 3.79. The van der Waals surface area contributed by atoms with Crippen LogP contribution >= 0.6 is 0 Å². The number of nitrogens with zero attached hydrogens (tertiary/aromatic N) is 3. The van der Waals surface area contributed by atoms with E-state index in [1.807, 2.05) is 12.3 Å². The summed E-state index contributed by atoms with van der Waals surface area (Å²) in [7, 11) is 0. The zero-order valence-corrected chi connectivity index (χ0v) is 10.1. The Morgan fingerprint density at radius 3 is 3.16 bits per heavy atom. The molecule has 3 aromatic heterocycles. The minimum Gasteiger partial charge on any atom is -0.415 e. The Morgan fingerprint density at radius 2 is 2.16 bits per heavy atom. The Kier molecular flexibility index (Phi) is 1.49. The van der Waals surface area contributed by atoms with Gasteiger partial charge in [-0.25, -0.2) is 4.57 Å². The third-order valence-corrected chi connectivity index (χ3v) is 3.79. The lowest BCUT2D eigenvalue weighted by molar-refractivity contribution is -0.670. The largest absolute Gasteiger partial charge is 0.415 e. The Balaban J connectivity index is 2.00. The van der Waals surface area contributed by atoms with Crippen molar-refractivity contribution in [3.63, 3.8) is 0 Å². The SMILES string of the molecule is c1ccc2c(c1)C[n+]1cc3oc4ccncc4n3c1-2. The van der Waals surface area contributed by atoms with Crippen LogP contribution < -0.4 is 4.57 Å². The highest BCUT2D eigenvalue weighted by Crippen LogP contribution is 2.31. The van der Waals surface area contributed by atoms with Crippen molar-refractivity contribution in [2.75, 3.05) is 0 Å². The van der Waals surface area contributed by atoms with Gasteiger partial charge in [-0.3, -0.25) is 4.98 Å². The fraction of sp³-hybridized carbons (Fsp3) is 0.0667. The highest BCUT2D eigenvalue weighted by Gasteiger charge is 2.32. The molecule has 1 aliphatic heterocycles. The maximum absolute atomic E-state index is 5.87. The summed E-state index contributed by atoms with van der Waals surface area (Å²) in [6.45, 7) is 0.907. The molecule has 4 nitrogen and oxygen atoms in total. The molecular weight excluding hydrogens is 238 g/mol. The number of fused-ring (bicyclic) bond motifs is 7. The first-order chi connectivity index (χ1) is 9.42. The summed E-state index contributed by atoms with van der Waals surface area (Å²) in [4.78, 5) is 4.21. The fourth-order valence-electron chi connectivity index (χ4n) is 2.99. The summed E-state index contributed by atoms with van der Waals surface area (Å²) in [5.41, 5.74) is 5.38. The molecular formula is C15H10N3O+. The topological polar surface area (TPSA) is 34.3 Å². The monoisotopic (exact) mass is 248 g/mol. The van der Waals surface area contributed by atoms with Crippen molar-refractivity contribution >= 4 is 16.8 Å². The minimum atomic E-state index is 0.868. The second-order valence-corrected chi connectivity index (χ2v) is 4.86. The first-order valence-electron chi connectivity index (χ1n) is 6.27. The van der Waals surface area contributed by atoms with Crippen LogP contribution in [0.25, 0.3) is 28.2 Å². The third kappa shape index (κ3) is 1.04. The van der Waals surface area contributed by atoms with Crippen LogP contribution in [0, 0.1) is 0 Å². The van der Waals surface area contributed by atoms with E-state index in [1.54, 1.807) is 6.20 Å². The van der Waals surface area contributed by atoms with Crippen LogP contribution in [0.15, 0.2) is 53.3 Å². The summed E-state index contributed by atoms with van der Waals surface area (Å²) in [6, 6.07) is 10.4. The van der Waals surface area contributed by atoms with E-state index in [0.29, 0.717) is 0 Å². The normalized spacial score (nSPS) is 13.1. The van der Waals surface area contributed by atoms with Crippen LogP contribution in [0.2, 0.25) is 0 Å². The van der Waals surface area contributed by atoms with Crippen LogP contribution in [0.3, 0.4) is 0 Å². The molecule has 0 saturated carbocycles. The second-order valence-electron chi connectivity index (χ2n) is 4.86. The van der Waals surface area contributed by atoms with E-state index in [1.165, 1.54) is 17.0 Å². The molecule has 0 atom stereocenters. The van der Waals surface area contributed by atoms with Gasteiger partial charge in [0.15, 0.2) is 17.3 Å². The number of benzene rings is 1. The quantitative estimate of drug-likeness (QED) is 0.394. The van der Waals surface area contributed by atoms with Gasteiger partial charge in [0.2, 0.25) is 0 Å². The molecule has 0 radical (unpaired) electrons. The number of hydrogen-bond acceptors (Lipinski definition) is 2. The average Bonchev–Trinajstić information content (AvgIpc) is 3.04. The average molecular weight is 248 g/mol. The highest BCUT2D eigenvalue weighted by molar-refractivity contribution is 5.79. The predicted octanol–water partition coefficient (Wildman–Crippen LogP) is 2.40. The van der Waals surface area contributed by atoms with Gasteiger partial charge in [0.25, 0.3) is 5.82 Å². The Hall–Kier alpha value is -2.62. The number of hydrogen-bond donors (Lipinski definition) is 0. The van der Waals surface area contributed by atoms with Gasteiger partial charge >= 0.3 is 5.71 Å². The molecule has 1 aromatic carbocycles. The van der Waals surface area contributed by atoms with Crippen molar-refractivity contribution in [3.8, 4) is 11.4 Å². The molecule has 4 heterocycles. The van der Waals surface area contributed by atoms with Crippen molar-refractivity contribution in [1.82, 2.24) is 9.38 Å². The lowest BCUT2D eigenvalue weighted by Crippen LogP contribution is -2.29. The van der Waals surface area contributed by atoms with E-state index in [-0.39, 0.29) is 0 Å². The maximum Gasteiger partial charge on any atom is 0.336 e. The molecule has 90 valence electrons. The van der Waals surface area contributed by atoms with Crippen molar-refractivity contribution in [1.29, 1.82) is 0 Å². The van der Waals surface area contributed by atoms with E-state index >= 15 is 0 Å². The minimum absolute atomic E-state index is 0.868. The summed E-state index contributed by atoms with van der Waals surface area (Å²) in [6.07, 6.45) is 5.68. The van der Waals surface area contributed by atoms with Crippen LogP contribution in [-0.2, 0) is 6.54 Å². The molecule has 0 bridgehead atoms. The first kappa shape index (κ1) is 9.33. The molecule has 1 aliphatic rings. The summed E-state index contributed by atoms with van der Waals surface area (Å²) < 4.78 is 10.2. The summed E-state index contributed by atoms with van der Waals surface area (Å²) >= 11 is 0. The smallest absolute Gasteiger partial charge is 0.336 e. The van der Waals surface area contributed by atoms with Gasteiger partial charge in [-0.15, -0.1) is 0 Å². The first-order valence-corrected chi connectivity index (χ1v) is 6.27. The van der Waals surface area contributed by atoms with Crippen LogP contribution in [-0.4, -0.2) is 9.38 Å². The van der Waals surface area contributed by atoms with Gasteiger partial charge in [-0.1, -0.05) is 18.2 Å².